The molecule has 0 amide bonds. The Bertz CT molecular complexity index is 569. The van der Waals surface area contributed by atoms with E-state index in [9.17, 15) is 9.18 Å². The van der Waals surface area contributed by atoms with E-state index < -0.39 is 11.8 Å². The van der Waals surface area contributed by atoms with Crippen molar-refractivity contribution in [1.29, 1.82) is 0 Å². The van der Waals surface area contributed by atoms with Crippen LogP contribution in [0.5, 0.6) is 5.75 Å². The Balaban J connectivity index is 1.94. The number of aliphatic carboxylic acids is 1. The third-order valence-corrected chi connectivity index (χ3v) is 2.45. The van der Waals surface area contributed by atoms with E-state index in [1.165, 1.54) is 12.3 Å². The first-order valence-corrected chi connectivity index (χ1v) is 5.66. The van der Waals surface area contributed by atoms with Crippen molar-refractivity contribution in [2.45, 2.75) is 13.0 Å². The molecular weight excluding hydrogens is 249 g/mol. The number of aromatic nitrogens is 1. The van der Waals surface area contributed by atoms with Crippen LogP contribution in [0, 0.1) is 5.82 Å². The number of hydrogen-bond acceptors (Lipinski definition) is 3. The normalized spacial score (nSPS) is 10.2. The molecule has 1 aromatic heterocycles. The molecule has 0 saturated carbocycles. The van der Waals surface area contributed by atoms with Crippen LogP contribution in [-0.2, 0) is 17.8 Å². The minimum absolute atomic E-state index is 0.0197. The van der Waals surface area contributed by atoms with E-state index in [4.69, 9.17) is 9.84 Å². The molecule has 4 nitrogen and oxygen atoms in total. The molecule has 0 aliphatic carbocycles. The van der Waals surface area contributed by atoms with E-state index in [0.717, 1.165) is 6.20 Å². The summed E-state index contributed by atoms with van der Waals surface area (Å²) in [5.41, 5.74) is 1.34. The molecule has 0 unspecified atom stereocenters. The SMILES string of the molecule is O=C(O)Cc1ccc(OCc2cncc(F)c2)cc1. The Morgan fingerprint density at radius 2 is 1.95 bits per heavy atom. The third kappa shape index (κ3) is 4.06. The molecular formula is C14H12FNO3. The molecule has 5 heteroatoms. The van der Waals surface area contributed by atoms with Crippen molar-refractivity contribution in [3.8, 4) is 5.75 Å². The molecule has 0 fully saturated rings. The molecule has 0 aliphatic rings. The highest BCUT2D eigenvalue weighted by Crippen LogP contribution is 2.14. The van der Waals surface area contributed by atoms with E-state index in [1.807, 2.05) is 0 Å². The average molecular weight is 261 g/mol. The molecule has 0 atom stereocenters. The first-order chi connectivity index (χ1) is 9.13. The number of pyridine rings is 1. The minimum atomic E-state index is -0.875. The first-order valence-electron chi connectivity index (χ1n) is 5.66. The summed E-state index contributed by atoms with van der Waals surface area (Å²) >= 11 is 0. The molecule has 19 heavy (non-hydrogen) atoms. The zero-order valence-electron chi connectivity index (χ0n) is 10.0. The number of carboxylic acids is 1. The molecule has 1 N–H and O–H groups in total. The van der Waals surface area contributed by atoms with Crippen molar-refractivity contribution in [3.63, 3.8) is 0 Å². The summed E-state index contributed by atoms with van der Waals surface area (Å²) in [6.45, 7) is 0.211. The Morgan fingerprint density at radius 1 is 1.21 bits per heavy atom. The van der Waals surface area contributed by atoms with E-state index in [0.29, 0.717) is 16.9 Å². The fourth-order valence-corrected chi connectivity index (χ4v) is 1.58. The number of benzene rings is 1. The maximum atomic E-state index is 12.9. The van der Waals surface area contributed by atoms with Crippen LogP contribution >= 0.6 is 0 Å². The summed E-state index contributed by atoms with van der Waals surface area (Å²) < 4.78 is 18.3. The lowest BCUT2D eigenvalue weighted by atomic mass is 10.1. The lowest BCUT2D eigenvalue weighted by Gasteiger charge is -2.06. The van der Waals surface area contributed by atoms with Crippen molar-refractivity contribution >= 4 is 5.97 Å². The van der Waals surface area contributed by atoms with Gasteiger partial charge in [0.1, 0.15) is 18.2 Å². The molecule has 98 valence electrons. The van der Waals surface area contributed by atoms with E-state index in [-0.39, 0.29) is 13.0 Å². The number of halogens is 1. The van der Waals surface area contributed by atoms with Crippen LogP contribution in [0.1, 0.15) is 11.1 Å². The second kappa shape index (κ2) is 5.95. The van der Waals surface area contributed by atoms with Gasteiger partial charge in [0, 0.05) is 11.8 Å². The number of carboxylic acid groups (broad SMARTS) is 1. The molecule has 1 heterocycles. The summed E-state index contributed by atoms with van der Waals surface area (Å²) in [7, 11) is 0. The zero-order chi connectivity index (χ0) is 13.7. The Labute approximate surface area is 109 Å². The van der Waals surface area contributed by atoms with E-state index >= 15 is 0 Å². The van der Waals surface area contributed by atoms with Gasteiger partial charge in [0.2, 0.25) is 0 Å². The van der Waals surface area contributed by atoms with Crippen LogP contribution in [0.4, 0.5) is 4.39 Å². The summed E-state index contributed by atoms with van der Waals surface area (Å²) in [6.07, 6.45) is 2.64. The molecule has 0 saturated heterocycles. The predicted molar refractivity (Wildman–Crippen MR) is 66.3 cm³/mol. The smallest absolute Gasteiger partial charge is 0.307 e. The number of carbonyl (C=O) groups is 1. The number of ether oxygens (including phenoxy) is 1. The highest BCUT2D eigenvalue weighted by atomic mass is 19.1. The van der Waals surface area contributed by atoms with Crippen molar-refractivity contribution in [1.82, 2.24) is 4.98 Å². The minimum Gasteiger partial charge on any atom is -0.489 e. The van der Waals surface area contributed by atoms with Gasteiger partial charge in [-0.1, -0.05) is 12.1 Å². The number of rotatable bonds is 5. The highest BCUT2D eigenvalue weighted by Gasteiger charge is 2.02. The van der Waals surface area contributed by atoms with Crippen LogP contribution in [0.2, 0.25) is 0 Å². The fraction of sp³-hybridized carbons (Fsp3) is 0.143. The highest BCUT2D eigenvalue weighted by molar-refractivity contribution is 5.70. The Kier molecular flexibility index (Phi) is 4.07. The van der Waals surface area contributed by atoms with Crippen LogP contribution in [0.15, 0.2) is 42.7 Å². The van der Waals surface area contributed by atoms with Gasteiger partial charge in [-0.05, 0) is 23.8 Å². The van der Waals surface area contributed by atoms with Crippen LogP contribution < -0.4 is 4.74 Å². The van der Waals surface area contributed by atoms with Gasteiger partial charge in [0.25, 0.3) is 0 Å². The summed E-state index contributed by atoms with van der Waals surface area (Å²) in [4.78, 5) is 14.2. The predicted octanol–water partition coefficient (Wildman–Crippen LogP) is 2.43. The molecule has 0 spiro atoms. The van der Waals surface area contributed by atoms with Gasteiger partial charge in [-0.15, -0.1) is 0 Å². The van der Waals surface area contributed by atoms with Crippen LogP contribution in [0.25, 0.3) is 0 Å². The van der Waals surface area contributed by atoms with Gasteiger partial charge in [-0.25, -0.2) is 4.39 Å². The zero-order valence-corrected chi connectivity index (χ0v) is 10.0. The monoisotopic (exact) mass is 261 g/mol. The second-order valence-electron chi connectivity index (χ2n) is 4.01. The van der Waals surface area contributed by atoms with E-state index in [2.05, 4.69) is 4.98 Å². The summed E-state index contributed by atoms with van der Waals surface area (Å²) in [5.74, 6) is -0.684. The Hall–Kier alpha value is -2.43. The number of nitrogens with zero attached hydrogens (tertiary/aromatic N) is 1. The van der Waals surface area contributed by atoms with Gasteiger partial charge < -0.3 is 9.84 Å². The lowest BCUT2D eigenvalue weighted by molar-refractivity contribution is -0.136. The molecule has 0 aliphatic heterocycles. The topological polar surface area (TPSA) is 59.4 Å². The maximum Gasteiger partial charge on any atom is 0.307 e. The maximum absolute atomic E-state index is 12.9. The second-order valence-corrected chi connectivity index (χ2v) is 4.01. The van der Waals surface area contributed by atoms with Gasteiger partial charge >= 0.3 is 5.97 Å². The van der Waals surface area contributed by atoms with Gasteiger partial charge in [-0.2, -0.15) is 0 Å². The van der Waals surface area contributed by atoms with Gasteiger partial charge in [0.15, 0.2) is 0 Å². The standard InChI is InChI=1S/C14H12FNO3/c15-12-5-11(7-16-8-12)9-19-13-3-1-10(2-4-13)6-14(17)18/h1-5,7-8H,6,9H2,(H,17,18). The summed E-state index contributed by atoms with van der Waals surface area (Å²) in [5, 5.41) is 8.64. The lowest BCUT2D eigenvalue weighted by Crippen LogP contribution is -2.00. The number of hydrogen-bond donors (Lipinski definition) is 1. The van der Waals surface area contributed by atoms with Crippen molar-refractivity contribution in [2.24, 2.45) is 0 Å². The van der Waals surface area contributed by atoms with Crippen molar-refractivity contribution in [2.75, 3.05) is 0 Å². The van der Waals surface area contributed by atoms with Crippen molar-refractivity contribution in [3.05, 3.63) is 59.7 Å². The third-order valence-electron chi connectivity index (χ3n) is 2.45. The molecule has 1 aromatic carbocycles. The quantitative estimate of drug-likeness (QED) is 0.898. The van der Waals surface area contributed by atoms with Gasteiger partial charge in [-0.3, -0.25) is 9.78 Å². The van der Waals surface area contributed by atoms with Crippen LogP contribution in [-0.4, -0.2) is 16.1 Å². The molecule has 2 aromatic rings. The summed E-state index contributed by atoms with van der Waals surface area (Å²) in [6, 6.07) is 8.10. The average Bonchev–Trinajstić information content (AvgIpc) is 2.37. The van der Waals surface area contributed by atoms with Crippen LogP contribution in [0.3, 0.4) is 0 Å². The first kappa shape index (κ1) is 13.0. The fourth-order valence-electron chi connectivity index (χ4n) is 1.58. The molecule has 0 radical (unpaired) electrons. The largest absolute Gasteiger partial charge is 0.489 e. The van der Waals surface area contributed by atoms with E-state index in [1.54, 1.807) is 24.3 Å². The molecule has 2 rings (SSSR count). The Morgan fingerprint density at radius 3 is 2.58 bits per heavy atom. The van der Waals surface area contributed by atoms with Gasteiger partial charge in [0.05, 0.1) is 12.6 Å². The van der Waals surface area contributed by atoms with Crippen molar-refractivity contribution < 1.29 is 19.0 Å². The molecule has 0 bridgehead atoms.